The highest BCUT2D eigenvalue weighted by Crippen LogP contribution is 2.33. The van der Waals surface area contributed by atoms with Gasteiger partial charge in [0.15, 0.2) is 0 Å². The minimum atomic E-state index is -0.162. The van der Waals surface area contributed by atoms with Gasteiger partial charge in [-0.1, -0.05) is 20.8 Å². The third kappa shape index (κ3) is 4.02. The van der Waals surface area contributed by atoms with Crippen molar-refractivity contribution < 1.29 is 14.3 Å². The lowest BCUT2D eigenvalue weighted by Gasteiger charge is -2.29. The van der Waals surface area contributed by atoms with E-state index in [2.05, 4.69) is 20.8 Å². The van der Waals surface area contributed by atoms with Crippen molar-refractivity contribution in [3.05, 3.63) is 0 Å². The smallest absolute Gasteiger partial charge is 0.306 e. The molecule has 0 radical (unpaired) electrons. The molecule has 1 fully saturated rings. The number of hydrogen-bond acceptors (Lipinski definition) is 3. The van der Waals surface area contributed by atoms with Crippen LogP contribution in [0.2, 0.25) is 0 Å². The molecule has 0 aromatic heterocycles. The molecule has 0 amide bonds. The molecular weight excluding hydrogens is 192 g/mol. The summed E-state index contributed by atoms with van der Waals surface area (Å²) in [6.45, 7) is 6.57. The van der Waals surface area contributed by atoms with Gasteiger partial charge in [0.1, 0.15) is 5.78 Å². The van der Waals surface area contributed by atoms with Gasteiger partial charge in [0.2, 0.25) is 0 Å². The van der Waals surface area contributed by atoms with Crippen molar-refractivity contribution in [3.8, 4) is 0 Å². The molecule has 0 bridgehead atoms. The normalized spacial score (nSPS) is 25.1. The van der Waals surface area contributed by atoms with Crippen LogP contribution < -0.4 is 0 Å². The van der Waals surface area contributed by atoms with Crippen LogP contribution in [0.5, 0.6) is 0 Å². The highest BCUT2D eigenvalue weighted by atomic mass is 16.5. The lowest BCUT2D eigenvalue weighted by Crippen LogP contribution is -2.24. The Morgan fingerprint density at radius 2 is 1.87 bits per heavy atom. The number of cyclic esters (lactones) is 1. The molecule has 1 saturated heterocycles. The van der Waals surface area contributed by atoms with Crippen LogP contribution in [0.25, 0.3) is 0 Å². The van der Waals surface area contributed by atoms with E-state index in [9.17, 15) is 9.59 Å². The molecule has 1 heterocycles. The van der Waals surface area contributed by atoms with E-state index in [1.807, 2.05) is 0 Å². The molecule has 15 heavy (non-hydrogen) atoms. The first-order valence-electron chi connectivity index (χ1n) is 5.57. The minimum Gasteiger partial charge on any atom is -0.465 e. The molecule has 1 aliphatic heterocycles. The molecule has 86 valence electrons. The molecule has 0 aromatic rings. The van der Waals surface area contributed by atoms with Gasteiger partial charge in [0.25, 0.3) is 0 Å². The molecule has 1 atom stereocenters. The predicted octanol–water partition coefficient (Wildman–Crippen LogP) is 2.33. The number of Topliss-reactive ketones (excluding diaryl/α,β-unsaturated/α-hetero) is 1. The third-order valence-electron chi connectivity index (χ3n) is 3.05. The average Bonchev–Trinajstić information content (AvgIpc) is 2.16. The minimum absolute atomic E-state index is 0.0592. The Labute approximate surface area is 91.2 Å². The van der Waals surface area contributed by atoms with E-state index in [0.29, 0.717) is 19.3 Å². The summed E-state index contributed by atoms with van der Waals surface area (Å²) in [5.41, 5.74) is 0.0592. The predicted molar refractivity (Wildman–Crippen MR) is 57.4 cm³/mol. The van der Waals surface area contributed by atoms with E-state index < -0.39 is 0 Å². The van der Waals surface area contributed by atoms with Crippen LogP contribution >= 0.6 is 0 Å². The molecule has 0 spiro atoms. The maximum absolute atomic E-state index is 11.4. The molecule has 1 rings (SSSR count). The number of carbonyl (C=O) groups excluding carboxylic acids is 2. The molecule has 0 N–H and O–H groups in total. The van der Waals surface area contributed by atoms with Gasteiger partial charge in [-0.15, -0.1) is 0 Å². The summed E-state index contributed by atoms with van der Waals surface area (Å²) in [7, 11) is 0. The summed E-state index contributed by atoms with van der Waals surface area (Å²) in [6.07, 6.45) is 2.20. The standard InChI is InChI=1S/C12H20O3/c1-12(2,3)9-4-5-10(13)6-7-15-11(14)8-9/h9H,4-8H2,1-3H3/t9-/m1/s1. The molecule has 0 unspecified atom stereocenters. The van der Waals surface area contributed by atoms with E-state index in [1.54, 1.807) is 0 Å². The zero-order chi connectivity index (χ0) is 11.5. The fourth-order valence-electron chi connectivity index (χ4n) is 1.84. The molecule has 0 aromatic carbocycles. The Kier molecular flexibility index (Phi) is 3.89. The number of esters is 1. The number of carbonyl (C=O) groups is 2. The molecule has 0 aliphatic carbocycles. The largest absolute Gasteiger partial charge is 0.465 e. The van der Waals surface area contributed by atoms with Crippen molar-refractivity contribution in [2.45, 2.75) is 46.5 Å². The van der Waals surface area contributed by atoms with Crippen LogP contribution in [0.1, 0.15) is 46.5 Å². The van der Waals surface area contributed by atoms with Gasteiger partial charge in [-0.25, -0.2) is 0 Å². The molecule has 3 nitrogen and oxygen atoms in total. The van der Waals surface area contributed by atoms with Crippen molar-refractivity contribution in [2.24, 2.45) is 11.3 Å². The van der Waals surface area contributed by atoms with Crippen LogP contribution in [0.3, 0.4) is 0 Å². The van der Waals surface area contributed by atoms with Gasteiger partial charge in [0.05, 0.1) is 6.61 Å². The fourth-order valence-corrected chi connectivity index (χ4v) is 1.84. The molecule has 3 heteroatoms. The molecule has 0 saturated carbocycles. The first kappa shape index (κ1) is 12.2. The number of rotatable bonds is 0. The quantitative estimate of drug-likeness (QED) is 0.579. The van der Waals surface area contributed by atoms with Crippen molar-refractivity contribution >= 4 is 11.8 Å². The van der Waals surface area contributed by atoms with Gasteiger partial charge in [-0.3, -0.25) is 9.59 Å². The van der Waals surface area contributed by atoms with Gasteiger partial charge in [-0.05, 0) is 17.8 Å². The van der Waals surface area contributed by atoms with Crippen LogP contribution in [-0.2, 0) is 14.3 Å². The van der Waals surface area contributed by atoms with E-state index in [0.717, 1.165) is 6.42 Å². The number of ether oxygens (including phenoxy) is 1. The Balaban J connectivity index is 2.68. The highest BCUT2D eigenvalue weighted by Gasteiger charge is 2.28. The highest BCUT2D eigenvalue weighted by molar-refractivity contribution is 5.79. The SMILES string of the molecule is CC(C)(C)[C@@H]1CCC(=O)CCOC(=O)C1. The Morgan fingerprint density at radius 1 is 1.20 bits per heavy atom. The maximum Gasteiger partial charge on any atom is 0.306 e. The summed E-state index contributed by atoms with van der Waals surface area (Å²) >= 11 is 0. The van der Waals surface area contributed by atoms with Gasteiger partial charge >= 0.3 is 5.97 Å². The summed E-state index contributed by atoms with van der Waals surface area (Å²) in [5, 5.41) is 0. The van der Waals surface area contributed by atoms with E-state index in [1.165, 1.54) is 0 Å². The maximum atomic E-state index is 11.4. The third-order valence-corrected chi connectivity index (χ3v) is 3.05. The topological polar surface area (TPSA) is 43.4 Å². The summed E-state index contributed by atoms with van der Waals surface area (Å²) < 4.78 is 5.00. The fraction of sp³-hybridized carbons (Fsp3) is 0.833. The van der Waals surface area contributed by atoms with Crippen LogP contribution in [0, 0.1) is 11.3 Å². The van der Waals surface area contributed by atoms with Crippen molar-refractivity contribution in [3.63, 3.8) is 0 Å². The second-order valence-corrected chi connectivity index (χ2v) is 5.31. The summed E-state index contributed by atoms with van der Waals surface area (Å²) in [6, 6.07) is 0. The van der Waals surface area contributed by atoms with Crippen LogP contribution in [-0.4, -0.2) is 18.4 Å². The van der Waals surface area contributed by atoms with Crippen molar-refractivity contribution in [1.82, 2.24) is 0 Å². The zero-order valence-electron chi connectivity index (χ0n) is 9.84. The van der Waals surface area contributed by atoms with Crippen molar-refractivity contribution in [1.29, 1.82) is 0 Å². The van der Waals surface area contributed by atoms with Crippen LogP contribution in [0.15, 0.2) is 0 Å². The van der Waals surface area contributed by atoms with E-state index in [-0.39, 0.29) is 29.7 Å². The van der Waals surface area contributed by atoms with Crippen LogP contribution in [0.4, 0.5) is 0 Å². The first-order valence-corrected chi connectivity index (χ1v) is 5.57. The summed E-state index contributed by atoms with van der Waals surface area (Å²) in [5.74, 6) is 0.288. The number of ketones is 1. The van der Waals surface area contributed by atoms with E-state index >= 15 is 0 Å². The van der Waals surface area contributed by atoms with Gasteiger partial charge in [0, 0.05) is 19.3 Å². The molecular formula is C12H20O3. The Morgan fingerprint density at radius 3 is 2.47 bits per heavy atom. The Hall–Kier alpha value is -0.860. The lowest BCUT2D eigenvalue weighted by molar-refractivity contribution is -0.145. The lowest BCUT2D eigenvalue weighted by atomic mass is 9.76. The van der Waals surface area contributed by atoms with Crippen molar-refractivity contribution in [2.75, 3.05) is 6.61 Å². The second-order valence-electron chi connectivity index (χ2n) is 5.31. The first-order chi connectivity index (χ1) is 6.89. The molecule has 1 aliphatic rings. The zero-order valence-corrected chi connectivity index (χ0v) is 9.84. The average molecular weight is 212 g/mol. The number of hydrogen-bond donors (Lipinski definition) is 0. The van der Waals surface area contributed by atoms with Gasteiger partial charge < -0.3 is 4.74 Å². The van der Waals surface area contributed by atoms with Gasteiger partial charge in [-0.2, -0.15) is 0 Å². The summed E-state index contributed by atoms with van der Waals surface area (Å²) in [4.78, 5) is 22.8. The monoisotopic (exact) mass is 212 g/mol. The second kappa shape index (κ2) is 4.77. The van der Waals surface area contributed by atoms with E-state index in [4.69, 9.17) is 4.74 Å². The Bertz CT molecular complexity index is 250.